The Kier molecular flexibility index (Phi) is 4.17. The van der Waals surface area contributed by atoms with Crippen LogP contribution >= 0.6 is 0 Å². The van der Waals surface area contributed by atoms with Crippen molar-refractivity contribution in [2.24, 2.45) is 34.5 Å². The molecule has 4 heteroatoms. The molecule has 0 unspecified atom stereocenters. The number of fused-ring (bicyclic) bond motifs is 4. The molecule has 170 valence electrons. The van der Waals surface area contributed by atoms with Gasteiger partial charge in [0.1, 0.15) is 11.2 Å². The zero-order valence-electron chi connectivity index (χ0n) is 19.8. The van der Waals surface area contributed by atoms with E-state index in [4.69, 9.17) is 9.97 Å². The molecule has 2 aromatic rings. The van der Waals surface area contributed by atoms with Crippen LogP contribution in [0.15, 0.2) is 36.4 Å². The Bertz CT molecular complexity index is 993. The summed E-state index contributed by atoms with van der Waals surface area (Å²) in [5, 5.41) is 23.5. The Morgan fingerprint density at radius 2 is 1.06 bits per heavy atom. The third kappa shape index (κ3) is 2.57. The van der Waals surface area contributed by atoms with Crippen LogP contribution in [-0.2, 0) is 11.2 Å². The van der Waals surface area contributed by atoms with E-state index in [1.807, 2.05) is 36.4 Å². The maximum absolute atomic E-state index is 11.7. The first-order valence-corrected chi connectivity index (χ1v) is 12.5. The minimum atomic E-state index is -0.854. The van der Waals surface area contributed by atoms with Crippen molar-refractivity contribution in [2.45, 2.75) is 77.4 Å². The van der Waals surface area contributed by atoms with Crippen molar-refractivity contribution in [2.75, 3.05) is 0 Å². The minimum Gasteiger partial charge on any atom is -0.383 e. The monoisotopic (exact) mass is 432 g/mol. The highest BCUT2D eigenvalue weighted by atomic mass is 16.3. The van der Waals surface area contributed by atoms with Crippen LogP contribution in [-0.4, -0.2) is 20.2 Å². The van der Waals surface area contributed by atoms with Crippen molar-refractivity contribution in [1.29, 1.82) is 0 Å². The lowest BCUT2D eigenvalue weighted by Crippen LogP contribution is -2.36. The quantitative estimate of drug-likeness (QED) is 0.679. The fraction of sp³-hybridized carbons (Fsp3) is 0.643. The third-order valence-electron chi connectivity index (χ3n) is 10.4. The van der Waals surface area contributed by atoms with E-state index in [-0.39, 0.29) is 22.7 Å². The lowest BCUT2D eigenvalue weighted by Gasteiger charge is -2.35. The van der Waals surface area contributed by atoms with E-state index >= 15 is 0 Å². The van der Waals surface area contributed by atoms with E-state index < -0.39 is 11.2 Å². The maximum Gasteiger partial charge on any atom is 0.110 e. The Morgan fingerprint density at radius 1 is 0.656 bits per heavy atom. The number of rotatable bonds is 3. The zero-order valence-corrected chi connectivity index (χ0v) is 19.8. The van der Waals surface area contributed by atoms with Crippen LogP contribution in [0, 0.1) is 34.5 Å². The van der Waals surface area contributed by atoms with Crippen LogP contribution in [0.1, 0.15) is 77.6 Å². The van der Waals surface area contributed by atoms with Gasteiger partial charge in [-0.2, -0.15) is 0 Å². The summed E-state index contributed by atoms with van der Waals surface area (Å²) in [4.78, 5) is 9.91. The Morgan fingerprint density at radius 3 is 1.38 bits per heavy atom. The highest BCUT2D eigenvalue weighted by Gasteiger charge is 2.63. The lowest BCUT2D eigenvalue weighted by molar-refractivity contribution is -0.0352. The summed E-state index contributed by atoms with van der Waals surface area (Å²) in [6, 6.07) is 11.9. The van der Waals surface area contributed by atoms with Crippen molar-refractivity contribution >= 4 is 0 Å². The van der Waals surface area contributed by atoms with E-state index in [0.717, 1.165) is 48.5 Å². The molecule has 4 aliphatic rings. The zero-order chi connectivity index (χ0) is 22.5. The van der Waals surface area contributed by atoms with Gasteiger partial charge in [0.25, 0.3) is 0 Å². The molecule has 4 saturated carbocycles. The average Bonchev–Trinajstić information content (AvgIpc) is 3.37. The second-order valence-corrected chi connectivity index (χ2v) is 12.4. The third-order valence-corrected chi connectivity index (χ3v) is 10.4. The Hall–Kier alpha value is -1.78. The van der Waals surface area contributed by atoms with Gasteiger partial charge in [-0.3, -0.25) is 0 Å². The number of pyridine rings is 2. The van der Waals surface area contributed by atoms with Crippen molar-refractivity contribution in [1.82, 2.24) is 9.97 Å². The van der Waals surface area contributed by atoms with Crippen LogP contribution in [0.25, 0.3) is 11.4 Å². The first kappa shape index (κ1) is 20.8. The molecule has 0 saturated heterocycles. The Labute approximate surface area is 191 Å². The molecule has 6 rings (SSSR count). The predicted octanol–water partition coefficient (Wildman–Crippen LogP) is 5.43. The molecule has 0 amide bonds. The van der Waals surface area contributed by atoms with E-state index in [9.17, 15) is 10.2 Å². The van der Waals surface area contributed by atoms with E-state index in [1.54, 1.807) is 0 Å². The van der Waals surface area contributed by atoms with Crippen molar-refractivity contribution in [3.8, 4) is 11.4 Å². The molecule has 0 aliphatic heterocycles. The van der Waals surface area contributed by atoms with Crippen LogP contribution in [0.5, 0.6) is 0 Å². The van der Waals surface area contributed by atoms with Crippen LogP contribution in [0.3, 0.4) is 0 Å². The highest BCUT2D eigenvalue weighted by molar-refractivity contribution is 5.55. The first-order valence-electron chi connectivity index (χ1n) is 12.5. The van der Waals surface area contributed by atoms with Gasteiger partial charge in [0.2, 0.25) is 0 Å². The van der Waals surface area contributed by atoms with Gasteiger partial charge >= 0.3 is 0 Å². The van der Waals surface area contributed by atoms with Gasteiger partial charge in [-0.25, -0.2) is 9.97 Å². The van der Waals surface area contributed by atoms with Gasteiger partial charge < -0.3 is 10.2 Å². The van der Waals surface area contributed by atoms with E-state index in [0.29, 0.717) is 11.8 Å². The van der Waals surface area contributed by atoms with Gasteiger partial charge in [0, 0.05) is 0 Å². The summed E-state index contributed by atoms with van der Waals surface area (Å²) in [7, 11) is 0. The topological polar surface area (TPSA) is 66.2 Å². The summed E-state index contributed by atoms with van der Waals surface area (Å²) in [5.41, 5.74) is 1.73. The molecular formula is C28H36N2O2. The molecule has 2 heterocycles. The summed E-state index contributed by atoms with van der Waals surface area (Å²) in [6.07, 6.45) is 6.15. The smallest absolute Gasteiger partial charge is 0.110 e. The maximum atomic E-state index is 11.7. The van der Waals surface area contributed by atoms with Gasteiger partial charge in [-0.05, 0) is 97.3 Å². The molecule has 32 heavy (non-hydrogen) atoms. The molecule has 2 N–H and O–H groups in total. The molecular weight excluding hydrogens is 396 g/mol. The van der Waals surface area contributed by atoms with Gasteiger partial charge in [-0.15, -0.1) is 0 Å². The van der Waals surface area contributed by atoms with Crippen LogP contribution in [0.4, 0.5) is 0 Å². The largest absolute Gasteiger partial charge is 0.383 e. The minimum absolute atomic E-state index is 0.155. The summed E-state index contributed by atoms with van der Waals surface area (Å²) in [5.74, 6) is 1.61. The molecule has 0 radical (unpaired) electrons. The fourth-order valence-corrected chi connectivity index (χ4v) is 8.47. The SMILES string of the molecule is CC1(C)[C@H]2CC[C@@H]1[C@](O)(c1cccc(-c3cccc([C@]4(O)C[C@@H]5CC[C@H]4C5(C)C)n3)n1)C2. The number of aliphatic hydroxyl groups is 2. The highest BCUT2D eigenvalue weighted by Crippen LogP contribution is 2.66. The lowest BCUT2D eigenvalue weighted by atomic mass is 9.76. The second-order valence-electron chi connectivity index (χ2n) is 12.4. The van der Waals surface area contributed by atoms with Crippen molar-refractivity contribution in [3.05, 3.63) is 47.8 Å². The van der Waals surface area contributed by atoms with Crippen molar-refractivity contribution in [3.63, 3.8) is 0 Å². The molecule has 0 aromatic carbocycles. The number of hydrogen-bond donors (Lipinski definition) is 2. The molecule has 4 fully saturated rings. The van der Waals surface area contributed by atoms with E-state index in [1.165, 1.54) is 12.8 Å². The molecule has 4 nitrogen and oxygen atoms in total. The summed E-state index contributed by atoms with van der Waals surface area (Å²) < 4.78 is 0. The number of hydrogen-bond acceptors (Lipinski definition) is 4. The first-order chi connectivity index (χ1) is 15.1. The second kappa shape index (κ2) is 6.42. The summed E-state index contributed by atoms with van der Waals surface area (Å²) >= 11 is 0. The van der Waals surface area contributed by atoms with Gasteiger partial charge in [0.15, 0.2) is 0 Å². The average molecular weight is 433 g/mol. The molecule has 2 aromatic heterocycles. The Balaban J connectivity index is 1.36. The molecule has 4 bridgehead atoms. The molecule has 4 aliphatic carbocycles. The molecule has 0 spiro atoms. The number of aromatic nitrogens is 2. The van der Waals surface area contributed by atoms with Crippen molar-refractivity contribution < 1.29 is 10.2 Å². The van der Waals surface area contributed by atoms with E-state index in [2.05, 4.69) is 27.7 Å². The standard InChI is InChI=1S/C28H36N2O2/c1-25(2)17-11-13-21(25)27(31,15-17)23-9-5-7-19(29-23)20-8-6-10-24(30-20)28(32)16-18-12-14-22(28)26(18,3)4/h5-10,17-18,21-22,31-32H,11-16H2,1-4H3/t17-,18-,21-,22-,27-,28-/m0/s1. The number of nitrogens with zero attached hydrogens (tertiary/aromatic N) is 2. The van der Waals surface area contributed by atoms with Gasteiger partial charge in [0.05, 0.1) is 22.8 Å². The van der Waals surface area contributed by atoms with Crippen LogP contribution < -0.4 is 0 Å². The molecule has 6 atom stereocenters. The fourth-order valence-electron chi connectivity index (χ4n) is 8.47. The van der Waals surface area contributed by atoms with Gasteiger partial charge in [-0.1, -0.05) is 39.8 Å². The predicted molar refractivity (Wildman–Crippen MR) is 124 cm³/mol. The van der Waals surface area contributed by atoms with Crippen LogP contribution in [0.2, 0.25) is 0 Å². The summed E-state index contributed by atoms with van der Waals surface area (Å²) in [6.45, 7) is 9.22. The normalized spacial score (nSPS) is 40.8.